The smallest absolute Gasteiger partial charge is 0.228 e. The topological polar surface area (TPSA) is 60.9 Å². The molecule has 1 aromatic rings. The van der Waals surface area contributed by atoms with Crippen LogP contribution in [0, 0.1) is 11.8 Å². The maximum absolute atomic E-state index is 13.1. The van der Waals surface area contributed by atoms with Crippen molar-refractivity contribution in [1.82, 2.24) is 14.7 Å². The van der Waals surface area contributed by atoms with Crippen molar-refractivity contribution >= 4 is 17.7 Å². The van der Waals surface area contributed by atoms with Crippen LogP contribution in [0.4, 0.5) is 0 Å². The second-order valence-corrected chi connectivity index (χ2v) is 9.02. The Hall–Kier alpha value is -2.37. The molecule has 0 aromatic heterocycles. The van der Waals surface area contributed by atoms with Gasteiger partial charge in [0.25, 0.3) is 0 Å². The summed E-state index contributed by atoms with van der Waals surface area (Å²) in [4.78, 5) is 44.1. The van der Waals surface area contributed by atoms with Gasteiger partial charge in [-0.05, 0) is 25.3 Å². The predicted octanol–water partition coefficient (Wildman–Crippen LogP) is 2.85. The maximum Gasteiger partial charge on any atom is 0.228 e. The highest BCUT2D eigenvalue weighted by Gasteiger charge is 2.39. The summed E-state index contributed by atoms with van der Waals surface area (Å²) in [5.74, 6) is 0.304. The van der Waals surface area contributed by atoms with E-state index < -0.39 is 0 Å². The minimum atomic E-state index is -0.274. The van der Waals surface area contributed by atoms with Gasteiger partial charge in [0.1, 0.15) is 0 Å². The summed E-state index contributed by atoms with van der Waals surface area (Å²) in [6.07, 6.45) is 5.86. The van der Waals surface area contributed by atoms with Crippen molar-refractivity contribution in [1.29, 1.82) is 0 Å². The van der Waals surface area contributed by atoms with E-state index in [0.29, 0.717) is 32.7 Å². The lowest BCUT2D eigenvalue weighted by molar-refractivity contribution is -0.144. The first-order chi connectivity index (χ1) is 14.5. The largest absolute Gasteiger partial charge is 0.339 e. The molecule has 0 N–H and O–H groups in total. The van der Waals surface area contributed by atoms with Gasteiger partial charge in [0.2, 0.25) is 17.7 Å². The number of nitrogens with zero attached hydrogens (tertiary/aromatic N) is 3. The van der Waals surface area contributed by atoms with Crippen LogP contribution >= 0.6 is 0 Å². The van der Waals surface area contributed by atoms with Gasteiger partial charge in [0, 0.05) is 45.1 Å². The van der Waals surface area contributed by atoms with Crippen LogP contribution in [-0.4, -0.2) is 65.1 Å². The van der Waals surface area contributed by atoms with Crippen molar-refractivity contribution in [3.63, 3.8) is 0 Å². The van der Waals surface area contributed by atoms with E-state index >= 15 is 0 Å². The lowest BCUT2D eigenvalue weighted by Gasteiger charge is -2.38. The van der Waals surface area contributed by atoms with Crippen molar-refractivity contribution in [3.05, 3.63) is 35.9 Å². The number of benzene rings is 1. The highest BCUT2D eigenvalue weighted by Crippen LogP contribution is 2.30. The van der Waals surface area contributed by atoms with E-state index in [9.17, 15) is 14.4 Å². The van der Waals surface area contributed by atoms with Crippen LogP contribution in [0.2, 0.25) is 0 Å². The number of carbonyl (C=O) groups excluding carboxylic acids is 3. The molecule has 162 valence electrons. The van der Waals surface area contributed by atoms with Gasteiger partial charge in [0.05, 0.1) is 12.0 Å². The Balaban J connectivity index is 1.30. The summed E-state index contributed by atoms with van der Waals surface area (Å²) in [6.45, 7) is 4.90. The minimum absolute atomic E-state index is 0.0264. The molecule has 2 saturated heterocycles. The number of piperazine rings is 1. The summed E-state index contributed by atoms with van der Waals surface area (Å²) in [7, 11) is 0. The van der Waals surface area contributed by atoms with Gasteiger partial charge in [-0.2, -0.15) is 0 Å². The van der Waals surface area contributed by atoms with Crippen LogP contribution in [0.5, 0.6) is 0 Å². The van der Waals surface area contributed by atoms with Crippen molar-refractivity contribution in [3.8, 4) is 0 Å². The van der Waals surface area contributed by atoms with Gasteiger partial charge in [-0.25, -0.2) is 0 Å². The monoisotopic (exact) mass is 411 g/mol. The molecule has 1 aromatic carbocycles. The zero-order chi connectivity index (χ0) is 21.1. The average molecular weight is 412 g/mol. The van der Waals surface area contributed by atoms with E-state index in [2.05, 4.69) is 0 Å². The molecule has 0 spiro atoms. The molecule has 2 atom stereocenters. The Morgan fingerprint density at radius 3 is 2.03 bits per heavy atom. The third kappa shape index (κ3) is 4.37. The summed E-state index contributed by atoms with van der Waals surface area (Å²) >= 11 is 0. The van der Waals surface area contributed by atoms with E-state index in [4.69, 9.17) is 0 Å². The van der Waals surface area contributed by atoms with Crippen LogP contribution in [0.3, 0.4) is 0 Å². The summed E-state index contributed by atoms with van der Waals surface area (Å²) < 4.78 is 0. The van der Waals surface area contributed by atoms with Gasteiger partial charge < -0.3 is 14.7 Å². The second kappa shape index (κ2) is 9.19. The molecule has 0 bridgehead atoms. The molecule has 1 saturated carbocycles. The number of rotatable bonds is 4. The Morgan fingerprint density at radius 2 is 1.43 bits per heavy atom. The second-order valence-electron chi connectivity index (χ2n) is 9.02. The lowest BCUT2D eigenvalue weighted by atomic mass is 9.88. The quantitative estimate of drug-likeness (QED) is 0.765. The molecule has 6 nitrogen and oxygen atoms in total. The van der Waals surface area contributed by atoms with Crippen molar-refractivity contribution in [2.45, 2.75) is 51.5 Å². The maximum atomic E-state index is 13.1. The van der Waals surface area contributed by atoms with Crippen LogP contribution in [0.1, 0.15) is 57.1 Å². The highest BCUT2D eigenvalue weighted by atomic mass is 16.2. The third-order valence-corrected chi connectivity index (χ3v) is 7.11. The zero-order valence-electron chi connectivity index (χ0n) is 18.0. The van der Waals surface area contributed by atoms with Crippen LogP contribution < -0.4 is 0 Å². The highest BCUT2D eigenvalue weighted by molar-refractivity contribution is 5.89. The molecule has 2 aliphatic heterocycles. The fourth-order valence-electron chi connectivity index (χ4n) is 5.20. The van der Waals surface area contributed by atoms with Crippen molar-refractivity contribution in [2.24, 2.45) is 11.8 Å². The van der Waals surface area contributed by atoms with Crippen molar-refractivity contribution in [2.75, 3.05) is 32.7 Å². The molecule has 1 aliphatic carbocycles. The Kier molecular flexibility index (Phi) is 6.40. The Morgan fingerprint density at radius 1 is 0.867 bits per heavy atom. The average Bonchev–Trinajstić information content (AvgIpc) is 3.20. The zero-order valence-corrected chi connectivity index (χ0v) is 18.0. The summed E-state index contributed by atoms with van der Waals surface area (Å²) in [6, 6.07) is 9.94. The Bertz CT molecular complexity index is 767. The third-order valence-electron chi connectivity index (χ3n) is 7.11. The predicted molar refractivity (Wildman–Crippen MR) is 114 cm³/mol. The molecule has 3 aliphatic rings. The molecule has 3 amide bonds. The van der Waals surface area contributed by atoms with Crippen molar-refractivity contribution < 1.29 is 14.4 Å². The van der Waals surface area contributed by atoms with E-state index in [1.165, 1.54) is 6.42 Å². The molecule has 3 fully saturated rings. The van der Waals surface area contributed by atoms with Gasteiger partial charge >= 0.3 is 0 Å². The SMILES string of the molecule is CC(c1ccccc1)N1CC(C(=O)N2CCN(C(=O)C3CCCCC3)CC2)CC1=O. The number of hydrogen-bond donors (Lipinski definition) is 0. The van der Waals surface area contributed by atoms with E-state index in [-0.39, 0.29) is 42.0 Å². The van der Waals surface area contributed by atoms with Crippen LogP contribution in [0.25, 0.3) is 0 Å². The molecule has 2 unspecified atom stereocenters. The van der Waals surface area contributed by atoms with E-state index in [1.54, 1.807) is 0 Å². The number of hydrogen-bond acceptors (Lipinski definition) is 3. The van der Waals surface area contributed by atoms with Crippen LogP contribution in [0.15, 0.2) is 30.3 Å². The van der Waals surface area contributed by atoms with Gasteiger partial charge in [-0.1, -0.05) is 49.6 Å². The molecular weight excluding hydrogens is 378 g/mol. The number of carbonyl (C=O) groups is 3. The lowest BCUT2D eigenvalue weighted by Crippen LogP contribution is -2.53. The summed E-state index contributed by atoms with van der Waals surface area (Å²) in [5.41, 5.74) is 1.09. The standard InChI is InChI=1S/C24H33N3O3/c1-18(19-8-4-2-5-9-19)27-17-21(16-22(27)28)24(30)26-14-12-25(13-15-26)23(29)20-10-6-3-7-11-20/h2,4-5,8-9,18,20-21H,3,6-7,10-17H2,1H3. The van der Waals surface area contributed by atoms with E-state index in [1.807, 2.05) is 52.0 Å². The first-order valence-corrected chi connectivity index (χ1v) is 11.5. The molecular formula is C24H33N3O3. The van der Waals surface area contributed by atoms with E-state index in [0.717, 1.165) is 31.2 Å². The van der Waals surface area contributed by atoms with Crippen LogP contribution in [-0.2, 0) is 14.4 Å². The minimum Gasteiger partial charge on any atom is -0.339 e. The number of likely N-dealkylation sites (tertiary alicyclic amines) is 1. The fraction of sp³-hybridized carbons (Fsp3) is 0.625. The van der Waals surface area contributed by atoms with Gasteiger partial charge in [-0.3, -0.25) is 14.4 Å². The number of amides is 3. The van der Waals surface area contributed by atoms with Gasteiger partial charge in [0.15, 0.2) is 0 Å². The first-order valence-electron chi connectivity index (χ1n) is 11.5. The molecule has 4 rings (SSSR count). The normalized spacial score (nSPS) is 24.2. The summed E-state index contributed by atoms with van der Waals surface area (Å²) in [5, 5.41) is 0. The van der Waals surface area contributed by atoms with Gasteiger partial charge in [-0.15, -0.1) is 0 Å². The Labute approximate surface area is 179 Å². The molecule has 30 heavy (non-hydrogen) atoms. The molecule has 6 heteroatoms. The fourth-order valence-corrected chi connectivity index (χ4v) is 5.20. The molecule has 0 radical (unpaired) electrons. The molecule has 2 heterocycles. The first kappa shape index (κ1) is 20.9.